The normalized spacial score (nSPS) is 15.7. The molecule has 2 aromatic carbocycles. The van der Waals surface area contributed by atoms with E-state index in [-0.39, 0.29) is 4.90 Å². The number of nitriles is 1. The minimum absolute atomic E-state index is 0.216. The summed E-state index contributed by atoms with van der Waals surface area (Å²) >= 11 is 3.34. The van der Waals surface area contributed by atoms with Crippen LogP contribution in [0.15, 0.2) is 62.9 Å². The molecule has 3 rings (SSSR count). The molecule has 0 spiro atoms. The molecule has 7 heteroatoms. The molecule has 0 unspecified atom stereocenters. The molecule has 1 heterocycles. The summed E-state index contributed by atoms with van der Waals surface area (Å²) in [6.45, 7) is 0. The number of allylic oxidation sites excluding steroid dienone is 1. The predicted molar refractivity (Wildman–Crippen MR) is 83.6 cm³/mol. The predicted octanol–water partition coefficient (Wildman–Crippen LogP) is 3.88. The van der Waals surface area contributed by atoms with Crippen LogP contribution in [0.1, 0.15) is 0 Å². The van der Waals surface area contributed by atoms with Gasteiger partial charge in [0.1, 0.15) is 11.9 Å². The fourth-order valence-corrected chi connectivity index (χ4v) is 3.90. The molecule has 1 aliphatic heterocycles. The molecule has 110 valence electrons. The van der Waals surface area contributed by atoms with Gasteiger partial charge in [0, 0.05) is 16.4 Å². The number of anilines is 2. The maximum absolute atomic E-state index is 13.5. The zero-order valence-electron chi connectivity index (χ0n) is 11.0. The lowest BCUT2D eigenvalue weighted by Gasteiger charge is -2.27. The van der Waals surface area contributed by atoms with E-state index in [0.717, 1.165) is 10.5 Å². The summed E-state index contributed by atoms with van der Waals surface area (Å²) in [4.78, 5) is 0.913. The lowest BCUT2D eigenvalue weighted by molar-refractivity contribution is 0.596. The van der Waals surface area contributed by atoms with E-state index in [1.165, 1.54) is 18.3 Å². The Morgan fingerprint density at radius 3 is 2.64 bits per heavy atom. The molecule has 0 aromatic heterocycles. The summed E-state index contributed by atoms with van der Waals surface area (Å²) in [5.41, 5.74) is 0.961. The van der Waals surface area contributed by atoms with Crippen LogP contribution in [0, 0.1) is 17.1 Å². The van der Waals surface area contributed by atoms with Gasteiger partial charge in [-0.1, -0.05) is 22.0 Å². The molecule has 4 nitrogen and oxygen atoms in total. The second-order valence-corrected chi connectivity index (χ2v) is 7.37. The first-order valence-corrected chi connectivity index (χ1v) is 8.42. The van der Waals surface area contributed by atoms with Crippen LogP contribution in [0.25, 0.3) is 0 Å². The van der Waals surface area contributed by atoms with Crippen molar-refractivity contribution in [2.45, 2.75) is 4.90 Å². The average molecular weight is 379 g/mol. The number of hydrogen-bond donors (Lipinski definition) is 0. The third kappa shape index (κ3) is 2.30. The minimum atomic E-state index is -4.00. The number of benzene rings is 2. The molecule has 0 saturated heterocycles. The van der Waals surface area contributed by atoms with Crippen LogP contribution in [0.2, 0.25) is 0 Å². The van der Waals surface area contributed by atoms with E-state index in [1.54, 1.807) is 29.2 Å². The van der Waals surface area contributed by atoms with Gasteiger partial charge in [-0.15, -0.1) is 0 Å². The number of hydrogen-bond acceptors (Lipinski definition) is 4. The van der Waals surface area contributed by atoms with Gasteiger partial charge in [0.2, 0.25) is 9.84 Å². The second kappa shape index (κ2) is 5.23. The number of fused-ring (bicyclic) bond motifs is 1. The molecule has 0 aliphatic carbocycles. The monoisotopic (exact) mass is 378 g/mol. The van der Waals surface area contributed by atoms with Crippen molar-refractivity contribution in [3.63, 3.8) is 0 Å². The van der Waals surface area contributed by atoms with Crippen LogP contribution in [-0.4, -0.2) is 8.42 Å². The summed E-state index contributed by atoms with van der Waals surface area (Å²) < 4.78 is 38.9. The quantitative estimate of drug-likeness (QED) is 0.755. The molecule has 0 saturated carbocycles. The lowest BCUT2D eigenvalue weighted by Crippen LogP contribution is -2.21. The molecule has 1 aliphatic rings. The highest BCUT2D eigenvalue weighted by Gasteiger charge is 2.32. The number of halogens is 2. The Hall–Kier alpha value is -2.17. The molecule has 22 heavy (non-hydrogen) atoms. The molecule has 0 radical (unpaired) electrons. The van der Waals surface area contributed by atoms with Gasteiger partial charge in [-0.3, -0.25) is 0 Å². The molecular weight excluding hydrogens is 371 g/mol. The van der Waals surface area contributed by atoms with Gasteiger partial charge in [-0.2, -0.15) is 5.26 Å². The van der Waals surface area contributed by atoms with E-state index in [4.69, 9.17) is 5.26 Å². The second-order valence-electron chi connectivity index (χ2n) is 4.57. The summed E-state index contributed by atoms with van der Waals surface area (Å²) in [5, 5.41) is 9.11. The van der Waals surface area contributed by atoms with Gasteiger partial charge in [-0.05, 0) is 36.4 Å². The van der Waals surface area contributed by atoms with Crippen molar-refractivity contribution in [2.75, 3.05) is 4.90 Å². The average Bonchev–Trinajstić information content (AvgIpc) is 2.48. The Bertz CT molecular complexity index is 948. The first-order chi connectivity index (χ1) is 10.4. The van der Waals surface area contributed by atoms with Gasteiger partial charge in [0.25, 0.3) is 0 Å². The molecule has 0 N–H and O–H groups in total. The van der Waals surface area contributed by atoms with E-state index >= 15 is 0 Å². The van der Waals surface area contributed by atoms with Crippen LogP contribution in [0.3, 0.4) is 0 Å². The first-order valence-electron chi connectivity index (χ1n) is 6.15. The van der Waals surface area contributed by atoms with Crippen molar-refractivity contribution in [3.05, 3.63) is 63.9 Å². The smallest absolute Gasteiger partial charge is 0.220 e. The van der Waals surface area contributed by atoms with Crippen molar-refractivity contribution >= 4 is 37.1 Å². The van der Waals surface area contributed by atoms with Crippen LogP contribution >= 0.6 is 15.9 Å². The highest BCUT2D eigenvalue weighted by Crippen LogP contribution is 2.40. The topological polar surface area (TPSA) is 61.2 Å². The van der Waals surface area contributed by atoms with Gasteiger partial charge >= 0.3 is 0 Å². The van der Waals surface area contributed by atoms with Crippen LogP contribution < -0.4 is 4.90 Å². The van der Waals surface area contributed by atoms with Crippen molar-refractivity contribution in [2.24, 2.45) is 0 Å². The number of sulfone groups is 1. The highest BCUT2D eigenvalue weighted by atomic mass is 79.9. The SMILES string of the molecule is N#CC1=CN(c2cccc(Br)c2)c2ccc(F)cc2S1(=O)=O. The van der Waals surface area contributed by atoms with Gasteiger partial charge in [0.15, 0.2) is 4.91 Å². The summed E-state index contributed by atoms with van der Waals surface area (Å²) in [6.07, 6.45) is 1.25. The van der Waals surface area contributed by atoms with Gasteiger partial charge in [0.05, 0.1) is 10.6 Å². The van der Waals surface area contributed by atoms with E-state index < -0.39 is 20.6 Å². The highest BCUT2D eigenvalue weighted by molar-refractivity contribution is 9.10. The summed E-state index contributed by atoms with van der Waals surface area (Å²) in [5.74, 6) is -0.671. The standard InChI is InChI=1S/C15H8BrFN2O2S/c16-10-2-1-3-12(6-10)19-9-13(8-18)22(20,21)15-7-11(17)4-5-14(15)19/h1-7,9H. The number of rotatable bonds is 1. The molecule has 0 atom stereocenters. The van der Waals surface area contributed by atoms with Crippen molar-refractivity contribution < 1.29 is 12.8 Å². The van der Waals surface area contributed by atoms with Crippen LogP contribution in [-0.2, 0) is 9.84 Å². The zero-order chi connectivity index (χ0) is 15.9. The Kier molecular flexibility index (Phi) is 3.51. The molecule has 0 fully saturated rings. The Morgan fingerprint density at radius 2 is 1.95 bits per heavy atom. The molecular formula is C15H8BrFN2O2S. The van der Waals surface area contributed by atoms with E-state index in [9.17, 15) is 12.8 Å². The van der Waals surface area contributed by atoms with Crippen LogP contribution in [0.5, 0.6) is 0 Å². The minimum Gasteiger partial charge on any atom is -0.314 e. The zero-order valence-corrected chi connectivity index (χ0v) is 13.4. The van der Waals surface area contributed by atoms with Gasteiger partial charge in [-0.25, -0.2) is 12.8 Å². The number of nitrogens with zero attached hydrogens (tertiary/aromatic N) is 2. The fraction of sp³-hybridized carbons (Fsp3) is 0. The Balaban J connectivity index is 2.31. The molecule has 2 aromatic rings. The van der Waals surface area contributed by atoms with E-state index in [1.807, 2.05) is 6.07 Å². The summed E-state index contributed by atoms with van der Waals surface area (Å²) in [6, 6.07) is 12.3. The van der Waals surface area contributed by atoms with Crippen molar-refractivity contribution in [1.29, 1.82) is 5.26 Å². The maximum Gasteiger partial charge on any atom is 0.220 e. The van der Waals surface area contributed by atoms with Gasteiger partial charge < -0.3 is 4.90 Å². The largest absolute Gasteiger partial charge is 0.314 e. The van der Waals surface area contributed by atoms with E-state index in [0.29, 0.717) is 11.4 Å². The first kappa shape index (κ1) is 14.8. The van der Waals surface area contributed by atoms with Crippen LogP contribution in [0.4, 0.5) is 15.8 Å². The maximum atomic E-state index is 13.5. The Morgan fingerprint density at radius 1 is 1.18 bits per heavy atom. The summed E-state index contributed by atoms with van der Waals surface area (Å²) in [7, 11) is -4.00. The van der Waals surface area contributed by atoms with E-state index in [2.05, 4.69) is 15.9 Å². The fourth-order valence-electron chi connectivity index (χ4n) is 2.21. The Labute approximate surface area is 135 Å². The third-order valence-corrected chi connectivity index (χ3v) is 5.38. The molecule has 0 amide bonds. The third-order valence-electron chi connectivity index (χ3n) is 3.20. The lowest BCUT2D eigenvalue weighted by atomic mass is 10.2. The van der Waals surface area contributed by atoms with Crippen molar-refractivity contribution in [3.8, 4) is 6.07 Å². The molecule has 0 bridgehead atoms. The van der Waals surface area contributed by atoms with Crippen molar-refractivity contribution in [1.82, 2.24) is 0 Å².